The van der Waals surface area contributed by atoms with E-state index in [1.807, 2.05) is 24.3 Å². The average Bonchev–Trinajstić information content (AvgIpc) is 3.27. The second-order valence-corrected chi connectivity index (χ2v) is 10.1. The summed E-state index contributed by atoms with van der Waals surface area (Å²) < 4.78 is 43.4. The Kier molecular flexibility index (Phi) is 6.40. The summed E-state index contributed by atoms with van der Waals surface area (Å²) in [5.74, 6) is 0.693. The maximum absolute atomic E-state index is 13.0. The van der Waals surface area contributed by atoms with Crippen molar-refractivity contribution in [2.45, 2.75) is 45.7 Å². The molecule has 2 heterocycles. The largest absolute Gasteiger partial charge is 0.416 e. The molecule has 5 rings (SSSR count). The molecule has 0 aliphatic rings. The number of para-hydroxylation sites is 1. The zero-order valence-electron chi connectivity index (χ0n) is 21.4. The molecule has 0 N–H and O–H groups in total. The van der Waals surface area contributed by atoms with Crippen molar-refractivity contribution in [1.29, 1.82) is 0 Å². The number of benzene rings is 3. The Morgan fingerprint density at radius 2 is 1.19 bits per heavy atom. The Balaban J connectivity index is 1.67. The monoisotopic (exact) mass is 499 g/mol. The van der Waals surface area contributed by atoms with E-state index in [0.29, 0.717) is 11.8 Å². The summed E-state index contributed by atoms with van der Waals surface area (Å²) in [6.07, 6.45) is -0.145. The summed E-state index contributed by atoms with van der Waals surface area (Å²) in [6, 6.07) is 26.1. The molecule has 37 heavy (non-hydrogen) atoms. The van der Waals surface area contributed by atoms with Gasteiger partial charge in [0.1, 0.15) is 5.69 Å². The zero-order chi connectivity index (χ0) is 26.3. The average molecular weight is 500 g/mol. The second kappa shape index (κ2) is 9.55. The molecule has 0 radical (unpaired) electrons. The predicted octanol–water partition coefficient (Wildman–Crippen LogP) is 8.82. The van der Waals surface area contributed by atoms with Crippen LogP contribution in [-0.4, -0.2) is 4.40 Å². The number of hydrogen-bond donors (Lipinski definition) is 0. The van der Waals surface area contributed by atoms with Gasteiger partial charge >= 0.3 is 6.18 Å². The van der Waals surface area contributed by atoms with Gasteiger partial charge in [0.25, 0.3) is 6.33 Å². The molecule has 3 aromatic carbocycles. The SMILES string of the molecule is CC(C)c1cccc(C(C)C)c1-[n+]1cn2ccccc2c1-c1ccc(-c2ccc(C(F)(F)F)cc2)cc1. The van der Waals surface area contributed by atoms with Crippen molar-refractivity contribution in [1.82, 2.24) is 4.40 Å². The van der Waals surface area contributed by atoms with Gasteiger partial charge in [-0.3, -0.25) is 0 Å². The summed E-state index contributed by atoms with van der Waals surface area (Å²) in [7, 11) is 0. The first-order chi connectivity index (χ1) is 17.6. The molecule has 5 heteroatoms. The van der Waals surface area contributed by atoms with Gasteiger partial charge in [0, 0.05) is 16.7 Å². The molecule has 0 aliphatic carbocycles. The quantitative estimate of drug-likeness (QED) is 0.214. The number of nitrogens with zero attached hydrogens (tertiary/aromatic N) is 2. The molecule has 2 aromatic heterocycles. The number of imidazole rings is 1. The van der Waals surface area contributed by atoms with Gasteiger partial charge in [-0.1, -0.05) is 76.2 Å². The third-order valence-corrected chi connectivity index (χ3v) is 6.90. The van der Waals surface area contributed by atoms with Crippen LogP contribution in [0.5, 0.6) is 0 Å². The Morgan fingerprint density at radius 3 is 1.73 bits per heavy atom. The lowest BCUT2D eigenvalue weighted by Crippen LogP contribution is -2.34. The first-order valence-electron chi connectivity index (χ1n) is 12.6. The van der Waals surface area contributed by atoms with Crippen LogP contribution in [-0.2, 0) is 6.18 Å². The van der Waals surface area contributed by atoms with Crippen molar-refractivity contribution in [3.8, 4) is 28.1 Å². The van der Waals surface area contributed by atoms with Crippen molar-refractivity contribution in [3.05, 3.63) is 114 Å². The molecule has 0 spiro atoms. The van der Waals surface area contributed by atoms with Crippen molar-refractivity contribution in [2.75, 3.05) is 0 Å². The van der Waals surface area contributed by atoms with Crippen LogP contribution in [0.3, 0.4) is 0 Å². The van der Waals surface area contributed by atoms with Gasteiger partial charge in [-0.05, 0) is 59.4 Å². The number of pyridine rings is 1. The van der Waals surface area contributed by atoms with E-state index < -0.39 is 11.7 Å². The molecular formula is C32H30F3N2+. The fraction of sp³-hybridized carbons (Fsp3) is 0.219. The number of aromatic nitrogens is 2. The maximum atomic E-state index is 13.0. The van der Waals surface area contributed by atoms with Crippen molar-refractivity contribution < 1.29 is 17.7 Å². The van der Waals surface area contributed by atoms with Crippen LogP contribution in [0.2, 0.25) is 0 Å². The molecule has 2 nitrogen and oxygen atoms in total. The van der Waals surface area contributed by atoms with Gasteiger partial charge in [-0.25, -0.2) is 4.40 Å². The number of rotatable bonds is 5. The normalized spacial score (nSPS) is 12.1. The highest BCUT2D eigenvalue weighted by Crippen LogP contribution is 2.34. The number of fused-ring (bicyclic) bond motifs is 1. The Morgan fingerprint density at radius 1 is 0.649 bits per heavy atom. The summed E-state index contributed by atoms with van der Waals surface area (Å²) in [6.45, 7) is 8.88. The Bertz CT molecular complexity index is 1510. The minimum atomic E-state index is -4.34. The predicted molar refractivity (Wildman–Crippen MR) is 143 cm³/mol. The molecule has 5 aromatic rings. The van der Waals surface area contributed by atoms with Gasteiger partial charge < -0.3 is 0 Å². The lowest BCUT2D eigenvalue weighted by molar-refractivity contribution is -0.584. The van der Waals surface area contributed by atoms with Crippen molar-refractivity contribution in [3.63, 3.8) is 0 Å². The summed E-state index contributed by atoms with van der Waals surface area (Å²) in [5, 5.41) is 0. The molecular weight excluding hydrogens is 469 g/mol. The topological polar surface area (TPSA) is 8.29 Å². The van der Waals surface area contributed by atoms with Crippen LogP contribution in [0, 0.1) is 0 Å². The minimum absolute atomic E-state index is 0.346. The molecule has 0 saturated carbocycles. The highest BCUT2D eigenvalue weighted by atomic mass is 19.4. The molecule has 0 aliphatic heterocycles. The van der Waals surface area contributed by atoms with Gasteiger partial charge in [0.15, 0.2) is 11.2 Å². The van der Waals surface area contributed by atoms with Crippen molar-refractivity contribution in [2.24, 2.45) is 0 Å². The van der Waals surface area contributed by atoms with Gasteiger partial charge in [0.05, 0.1) is 11.8 Å². The molecule has 0 fully saturated rings. The summed E-state index contributed by atoms with van der Waals surface area (Å²) in [5.41, 5.74) is 7.96. The maximum Gasteiger partial charge on any atom is 0.416 e. The van der Waals surface area contributed by atoms with Crippen molar-refractivity contribution >= 4 is 5.52 Å². The summed E-state index contributed by atoms with van der Waals surface area (Å²) >= 11 is 0. The second-order valence-electron chi connectivity index (χ2n) is 10.1. The fourth-order valence-electron chi connectivity index (χ4n) is 4.98. The third-order valence-electron chi connectivity index (χ3n) is 6.90. The molecule has 188 valence electrons. The van der Waals surface area contributed by atoms with E-state index in [9.17, 15) is 13.2 Å². The van der Waals surface area contributed by atoms with Crippen LogP contribution < -0.4 is 4.57 Å². The van der Waals surface area contributed by atoms with Gasteiger partial charge in [-0.15, -0.1) is 0 Å². The van der Waals surface area contributed by atoms with Crippen LogP contribution in [0.25, 0.3) is 33.6 Å². The number of halogens is 3. The lowest BCUT2D eigenvalue weighted by Gasteiger charge is -2.17. The highest BCUT2D eigenvalue weighted by molar-refractivity contribution is 5.77. The first kappa shape index (κ1) is 24.8. The fourth-order valence-corrected chi connectivity index (χ4v) is 4.98. The van der Waals surface area contributed by atoms with Crippen LogP contribution >= 0.6 is 0 Å². The third kappa shape index (κ3) is 4.66. The van der Waals surface area contributed by atoms with E-state index in [2.05, 4.69) is 85.6 Å². The van der Waals surface area contributed by atoms with Gasteiger partial charge in [0.2, 0.25) is 0 Å². The Labute approximate surface area is 215 Å². The summed E-state index contributed by atoms with van der Waals surface area (Å²) in [4.78, 5) is 0. The van der Waals surface area contributed by atoms with Crippen LogP contribution in [0.4, 0.5) is 13.2 Å². The standard InChI is InChI=1S/C32H30F3N2/c1-21(2)27-8-7-9-28(22(3)4)31(27)37-20-36-19-6-5-10-29(36)30(37)25-13-11-23(12-14-25)24-15-17-26(18-16-24)32(33,34)35/h5-22H,1-4H3/q+1. The molecule has 0 amide bonds. The molecule has 0 bridgehead atoms. The molecule has 0 unspecified atom stereocenters. The number of hydrogen-bond acceptors (Lipinski definition) is 0. The smallest absolute Gasteiger partial charge is 0.201 e. The van der Waals surface area contributed by atoms with E-state index in [-0.39, 0.29) is 0 Å². The van der Waals surface area contributed by atoms with E-state index >= 15 is 0 Å². The first-order valence-corrected chi connectivity index (χ1v) is 12.6. The van der Waals surface area contributed by atoms with E-state index in [0.717, 1.165) is 40.0 Å². The minimum Gasteiger partial charge on any atom is -0.201 e. The highest BCUT2D eigenvalue weighted by Gasteiger charge is 2.30. The molecule has 0 atom stereocenters. The van der Waals surface area contributed by atoms with Gasteiger partial charge in [-0.2, -0.15) is 17.7 Å². The molecule has 0 saturated heterocycles. The van der Waals surface area contributed by atoms with E-state index in [1.54, 1.807) is 0 Å². The lowest BCUT2D eigenvalue weighted by atomic mass is 9.92. The van der Waals surface area contributed by atoms with E-state index in [1.165, 1.54) is 28.9 Å². The zero-order valence-corrected chi connectivity index (χ0v) is 21.4. The Hall–Kier alpha value is -3.86. The van der Waals surface area contributed by atoms with E-state index in [4.69, 9.17) is 0 Å². The number of alkyl halides is 3. The van der Waals surface area contributed by atoms with Crippen LogP contribution in [0.1, 0.15) is 56.2 Å². The van der Waals surface area contributed by atoms with Crippen LogP contribution in [0.15, 0.2) is 97.5 Å².